The fourth-order valence-corrected chi connectivity index (χ4v) is 2.95. The van der Waals surface area contributed by atoms with Crippen molar-refractivity contribution in [2.45, 2.75) is 20.8 Å². The van der Waals surface area contributed by atoms with E-state index in [9.17, 15) is 4.79 Å². The van der Waals surface area contributed by atoms with Crippen molar-refractivity contribution in [2.75, 3.05) is 0 Å². The van der Waals surface area contributed by atoms with Crippen molar-refractivity contribution in [3.05, 3.63) is 78.2 Å². The molecule has 0 fully saturated rings. The van der Waals surface area contributed by atoms with Crippen LogP contribution in [0.1, 0.15) is 19.4 Å². The van der Waals surface area contributed by atoms with Crippen LogP contribution in [0, 0.1) is 13.0 Å². The molecule has 0 saturated carbocycles. The molecule has 1 aliphatic heterocycles. The third-order valence-electron chi connectivity index (χ3n) is 4.00. The van der Waals surface area contributed by atoms with E-state index in [1.165, 1.54) is 25.5 Å². The van der Waals surface area contributed by atoms with Gasteiger partial charge in [-0.15, -0.1) is 24.3 Å². The quantitative estimate of drug-likeness (QED) is 0.189. The Morgan fingerprint density at radius 3 is 2.50 bits per heavy atom. The van der Waals surface area contributed by atoms with E-state index in [1.54, 1.807) is 0 Å². The molecular weight excluding hydrogens is 530 g/mol. The molecule has 0 amide bonds. The summed E-state index contributed by atoms with van der Waals surface area (Å²) in [6, 6.07) is 19.2. The number of rotatable bonds is 1. The van der Waals surface area contributed by atoms with Gasteiger partial charge in [-0.25, -0.2) is 0 Å². The van der Waals surface area contributed by atoms with Crippen LogP contribution in [0.15, 0.2) is 66.6 Å². The number of allylic oxidation sites excluding steroid dienone is 2. The first kappa shape index (κ1) is 21.5. The normalized spacial score (nSPS) is 11.2. The predicted octanol–water partition coefficient (Wildman–Crippen LogP) is 5.66. The number of hydrogen-bond donors (Lipinski definition) is 1. The molecule has 3 aromatic rings. The van der Waals surface area contributed by atoms with Crippen molar-refractivity contribution in [2.24, 2.45) is 0 Å². The molecule has 0 spiro atoms. The van der Waals surface area contributed by atoms with E-state index in [4.69, 9.17) is 9.84 Å². The standard InChI is InChI=1S/C18H12NO.C5H8O2.Ir/c1-12-10-11-19-18-14-7-3-5-9-16(14)20-15-8-4-2-6-13(15)17(12)18;1-4(6)3-5(2)7;/h2-6,8-11H,1H3;3,6H,1-2H3;/q-1;;. The molecule has 0 atom stereocenters. The van der Waals surface area contributed by atoms with Gasteiger partial charge in [0.05, 0.1) is 5.76 Å². The van der Waals surface area contributed by atoms with Crippen LogP contribution in [0.2, 0.25) is 0 Å². The maximum Gasteiger partial charge on any atom is 0.155 e. The number of para-hydroxylation sites is 1. The second-order valence-corrected chi connectivity index (χ2v) is 6.26. The number of benzene rings is 2. The van der Waals surface area contributed by atoms with Gasteiger partial charge in [-0.3, -0.25) is 4.79 Å². The first-order chi connectivity index (χ1) is 13.0. The number of ketones is 1. The van der Waals surface area contributed by atoms with Gasteiger partial charge in [-0.05, 0) is 49.7 Å². The maximum absolute atomic E-state index is 10.0. The van der Waals surface area contributed by atoms with Crippen LogP contribution in [0.25, 0.3) is 22.4 Å². The number of pyridine rings is 1. The molecule has 2 heterocycles. The zero-order valence-electron chi connectivity index (χ0n) is 15.8. The smallest absolute Gasteiger partial charge is 0.155 e. The van der Waals surface area contributed by atoms with Crippen LogP contribution in [-0.4, -0.2) is 15.9 Å². The molecule has 4 nitrogen and oxygen atoms in total. The Kier molecular flexibility index (Phi) is 7.27. The van der Waals surface area contributed by atoms with Gasteiger partial charge in [0.2, 0.25) is 0 Å². The number of aliphatic hydroxyl groups excluding tert-OH is 1. The average molecular weight is 551 g/mol. The molecule has 1 N–H and O–H groups in total. The molecule has 1 aromatic heterocycles. The largest absolute Gasteiger partial charge is 0.512 e. The third-order valence-corrected chi connectivity index (χ3v) is 4.00. The van der Waals surface area contributed by atoms with Crippen molar-refractivity contribution in [1.29, 1.82) is 0 Å². The Morgan fingerprint density at radius 2 is 1.82 bits per heavy atom. The van der Waals surface area contributed by atoms with E-state index < -0.39 is 0 Å². The van der Waals surface area contributed by atoms with Gasteiger partial charge in [-0.1, -0.05) is 23.8 Å². The van der Waals surface area contributed by atoms with Gasteiger partial charge in [0.1, 0.15) is 5.75 Å². The number of aliphatic hydroxyl groups is 1. The molecule has 0 bridgehead atoms. The number of aromatic nitrogens is 1. The van der Waals surface area contributed by atoms with E-state index in [1.807, 2.05) is 48.7 Å². The van der Waals surface area contributed by atoms with Crippen molar-refractivity contribution in [3.63, 3.8) is 0 Å². The van der Waals surface area contributed by atoms with Gasteiger partial charge in [0.15, 0.2) is 5.78 Å². The van der Waals surface area contributed by atoms with E-state index in [0.717, 1.165) is 33.9 Å². The Bertz CT molecular complexity index is 1020. The molecule has 2 aromatic carbocycles. The van der Waals surface area contributed by atoms with Crippen molar-refractivity contribution < 1.29 is 34.7 Å². The number of carbonyl (C=O) groups is 1. The molecule has 0 saturated heterocycles. The second-order valence-electron chi connectivity index (χ2n) is 6.26. The van der Waals surface area contributed by atoms with E-state index >= 15 is 0 Å². The van der Waals surface area contributed by atoms with Gasteiger partial charge in [-0.2, -0.15) is 0 Å². The van der Waals surface area contributed by atoms with Gasteiger partial charge in [0.25, 0.3) is 0 Å². The number of carbonyl (C=O) groups excluding carboxylic acids is 1. The first-order valence-electron chi connectivity index (χ1n) is 8.59. The minimum atomic E-state index is -0.125. The molecule has 1 aliphatic rings. The van der Waals surface area contributed by atoms with Crippen LogP contribution in [0.3, 0.4) is 0 Å². The molecule has 0 aliphatic carbocycles. The Balaban J connectivity index is 0.000000306. The summed E-state index contributed by atoms with van der Waals surface area (Å²) < 4.78 is 6.07. The molecule has 145 valence electrons. The van der Waals surface area contributed by atoms with Gasteiger partial charge < -0.3 is 14.8 Å². The molecule has 4 rings (SSSR count). The van der Waals surface area contributed by atoms with E-state index in [2.05, 4.69) is 24.0 Å². The summed E-state index contributed by atoms with van der Waals surface area (Å²) in [5.74, 6) is 1.60. The fourth-order valence-electron chi connectivity index (χ4n) is 2.95. The summed E-state index contributed by atoms with van der Waals surface area (Å²) >= 11 is 0. The number of hydrogen-bond acceptors (Lipinski definition) is 4. The summed E-state index contributed by atoms with van der Waals surface area (Å²) in [4.78, 5) is 14.6. The van der Waals surface area contributed by atoms with Crippen LogP contribution < -0.4 is 4.74 Å². The van der Waals surface area contributed by atoms with Crippen molar-refractivity contribution >= 4 is 5.78 Å². The van der Waals surface area contributed by atoms with Crippen LogP contribution in [0.4, 0.5) is 0 Å². The number of ether oxygens (including phenoxy) is 1. The predicted molar refractivity (Wildman–Crippen MR) is 106 cm³/mol. The number of nitrogens with zero attached hydrogens (tertiary/aromatic N) is 1. The molecule has 5 heteroatoms. The molecule has 1 radical (unpaired) electrons. The minimum Gasteiger partial charge on any atom is -0.512 e. The Morgan fingerprint density at radius 1 is 1.11 bits per heavy atom. The molecule has 0 unspecified atom stereocenters. The summed E-state index contributed by atoms with van der Waals surface area (Å²) in [6.07, 6.45) is 3.01. The summed E-state index contributed by atoms with van der Waals surface area (Å²) in [7, 11) is 0. The fraction of sp³-hybridized carbons (Fsp3) is 0.130. The van der Waals surface area contributed by atoms with Gasteiger partial charge >= 0.3 is 0 Å². The topological polar surface area (TPSA) is 59.4 Å². The zero-order chi connectivity index (χ0) is 19.4. The summed E-state index contributed by atoms with van der Waals surface area (Å²) in [5.41, 5.74) is 5.26. The third kappa shape index (κ3) is 4.75. The second kappa shape index (κ2) is 9.45. The molecular formula is C23H20IrNO3-. The summed E-state index contributed by atoms with van der Waals surface area (Å²) in [5, 5.41) is 8.36. The Hall–Kier alpha value is -2.75. The van der Waals surface area contributed by atoms with E-state index in [0.29, 0.717) is 0 Å². The monoisotopic (exact) mass is 551 g/mol. The van der Waals surface area contributed by atoms with Crippen LogP contribution in [0.5, 0.6) is 11.5 Å². The minimum absolute atomic E-state index is 0. The van der Waals surface area contributed by atoms with Crippen molar-refractivity contribution in [3.8, 4) is 33.9 Å². The first-order valence-corrected chi connectivity index (χ1v) is 8.59. The SMILES string of the molecule is CC(=O)C=C(C)O.Cc1ccnc2c1-c1ccccc1Oc1ccc[c-]c1-2.[Ir]. The van der Waals surface area contributed by atoms with Crippen LogP contribution >= 0.6 is 0 Å². The van der Waals surface area contributed by atoms with Crippen LogP contribution in [-0.2, 0) is 24.9 Å². The average Bonchev–Trinajstić information content (AvgIpc) is 2.76. The van der Waals surface area contributed by atoms with Crippen molar-refractivity contribution in [1.82, 2.24) is 4.98 Å². The number of fused-ring (bicyclic) bond motifs is 5. The molecule has 28 heavy (non-hydrogen) atoms. The Labute approximate surface area is 178 Å². The number of aryl methyl sites for hydroxylation is 1. The zero-order valence-corrected chi connectivity index (χ0v) is 18.2. The summed E-state index contributed by atoms with van der Waals surface area (Å²) in [6.45, 7) is 4.95. The maximum atomic E-state index is 10.0. The van der Waals surface area contributed by atoms with Gasteiger partial charge in [0, 0.05) is 43.7 Å². The van der Waals surface area contributed by atoms with E-state index in [-0.39, 0.29) is 31.6 Å².